The molecule has 1 rings (SSSR count). The maximum atomic E-state index is 4.05. The first-order valence-corrected chi connectivity index (χ1v) is 4.70. The van der Waals surface area contributed by atoms with Gasteiger partial charge in [-0.3, -0.25) is 0 Å². The van der Waals surface area contributed by atoms with Gasteiger partial charge in [0.05, 0.1) is 5.69 Å². The number of nitrogens with one attached hydrogen (secondary N) is 1. The van der Waals surface area contributed by atoms with Crippen LogP contribution in [0.1, 0.15) is 20.8 Å². The molecule has 0 radical (unpaired) electrons. The van der Waals surface area contributed by atoms with Crippen molar-refractivity contribution >= 4 is 11.4 Å². The lowest BCUT2D eigenvalue weighted by molar-refractivity contribution is 0.634. The van der Waals surface area contributed by atoms with E-state index in [0.717, 1.165) is 11.4 Å². The van der Waals surface area contributed by atoms with Crippen LogP contribution in [0.5, 0.6) is 0 Å². The van der Waals surface area contributed by atoms with Crippen LogP contribution in [0, 0.1) is 0 Å². The number of para-hydroxylation sites is 1. The Morgan fingerprint density at radius 2 is 1.79 bits per heavy atom. The molecule has 0 spiro atoms. The number of hydrogen-bond donors (Lipinski definition) is 1. The Labute approximate surface area is 85.3 Å². The summed E-state index contributed by atoms with van der Waals surface area (Å²) in [5.74, 6) is 0. The van der Waals surface area contributed by atoms with Crippen LogP contribution in [0.4, 0.5) is 11.4 Å². The Morgan fingerprint density at radius 3 is 2.36 bits per heavy atom. The van der Waals surface area contributed by atoms with Crippen LogP contribution in [0.25, 0.3) is 0 Å². The molecule has 0 fully saturated rings. The van der Waals surface area contributed by atoms with Crippen LogP contribution in [0.2, 0.25) is 0 Å². The second-order valence-electron chi connectivity index (χ2n) is 4.19. The van der Waals surface area contributed by atoms with Gasteiger partial charge >= 0.3 is 0 Å². The summed E-state index contributed by atoms with van der Waals surface area (Å²) >= 11 is 0. The molecule has 14 heavy (non-hydrogen) atoms. The Bertz CT molecular complexity index is 324. The molecule has 76 valence electrons. The monoisotopic (exact) mass is 191 g/mol. The Hall–Kier alpha value is -1.38. The van der Waals surface area contributed by atoms with Crippen LogP contribution in [-0.2, 0) is 0 Å². The highest BCUT2D eigenvalue weighted by molar-refractivity contribution is 5.65. The van der Waals surface area contributed by atoms with Gasteiger partial charge in [0, 0.05) is 12.6 Å². The zero-order chi connectivity index (χ0) is 10.6. The van der Waals surface area contributed by atoms with E-state index in [1.165, 1.54) is 0 Å². The van der Waals surface area contributed by atoms with E-state index >= 15 is 0 Å². The quantitative estimate of drug-likeness (QED) is 0.712. The Morgan fingerprint density at radius 1 is 1.14 bits per heavy atom. The highest BCUT2D eigenvalue weighted by atomic mass is 15.1. The van der Waals surface area contributed by atoms with E-state index < -0.39 is 0 Å². The fourth-order valence-electron chi connectivity index (χ4n) is 1.18. The Balaban J connectivity index is 2.96. The van der Waals surface area contributed by atoms with E-state index in [1.54, 1.807) is 7.05 Å². The zero-order valence-corrected chi connectivity index (χ0v) is 9.20. The standard InChI is InChI=1S/C11H17N3/c1-11(2,3)13-9-7-5-6-8-10(9)14-12-4/h5-8,13H,1-4H3. The van der Waals surface area contributed by atoms with Crippen LogP contribution in [0.3, 0.4) is 0 Å². The molecule has 0 saturated heterocycles. The van der Waals surface area contributed by atoms with Gasteiger partial charge in [-0.1, -0.05) is 12.1 Å². The first-order chi connectivity index (χ1) is 6.53. The first-order valence-electron chi connectivity index (χ1n) is 4.70. The van der Waals surface area contributed by atoms with E-state index in [4.69, 9.17) is 0 Å². The molecule has 0 saturated carbocycles. The predicted molar refractivity (Wildman–Crippen MR) is 60.3 cm³/mol. The average molecular weight is 191 g/mol. The molecule has 0 aliphatic carbocycles. The molecule has 0 atom stereocenters. The van der Waals surface area contributed by atoms with Crippen LogP contribution < -0.4 is 5.32 Å². The third kappa shape index (κ3) is 3.17. The summed E-state index contributed by atoms with van der Waals surface area (Å²) in [5, 5.41) is 11.2. The molecule has 0 unspecified atom stereocenters. The fourth-order valence-corrected chi connectivity index (χ4v) is 1.18. The van der Waals surface area contributed by atoms with Crippen molar-refractivity contribution in [2.45, 2.75) is 26.3 Å². The molecule has 0 amide bonds. The van der Waals surface area contributed by atoms with Crippen molar-refractivity contribution in [3.63, 3.8) is 0 Å². The maximum absolute atomic E-state index is 4.05. The van der Waals surface area contributed by atoms with Crippen molar-refractivity contribution in [3.8, 4) is 0 Å². The SMILES string of the molecule is CN=Nc1ccccc1NC(C)(C)C. The van der Waals surface area contributed by atoms with Crippen molar-refractivity contribution in [2.75, 3.05) is 12.4 Å². The summed E-state index contributed by atoms with van der Waals surface area (Å²) in [5.41, 5.74) is 1.94. The lowest BCUT2D eigenvalue weighted by Crippen LogP contribution is -2.25. The van der Waals surface area contributed by atoms with Crippen LogP contribution >= 0.6 is 0 Å². The molecule has 3 nitrogen and oxygen atoms in total. The summed E-state index contributed by atoms with van der Waals surface area (Å²) in [7, 11) is 1.67. The molecule has 3 heteroatoms. The van der Waals surface area contributed by atoms with Crippen molar-refractivity contribution < 1.29 is 0 Å². The maximum Gasteiger partial charge on any atom is 0.108 e. The summed E-state index contributed by atoms with van der Waals surface area (Å²) in [6.07, 6.45) is 0. The molecule has 1 N–H and O–H groups in total. The minimum absolute atomic E-state index is 0.0410. The highest BCUT2D eigenvalue weighted by Gasteiger charge is 2.11. The molecule has 0 heterocycles. The second kappa shape index (κ2) is 4.22. The summed E-state index contributed by atoms with van der Waals surface area (Å²) < 4.78 is 0. The smallest absolute Gasteiger partial charge is 0.108 e. The largest absolute Gasteiger partial charge is 0.379 e. The lowest BCUT2D eigenvalue weighted by atomic mass is 10.1. The number of rotatable bonds is 2. The second-order valence-corrected chi connectivity index (χ2v) is 4.19. The van der Waals surface area contributed by atoms with Gasteiger partial charge in [-0.05, 0) is 32.9 Å². The molecular formula is C11H17N3. The van der Waals surface area contributed by atoms with Crippen LogP contribution in [-0.4, -0.2) is 12.6 Å². The predicted octanol–water partition coefficient (Wildman–Crippen LogP) is 3.61. The van der Waals surface area contributed by atoms with Gasteiger partial charge in [-0.2, -0.15) is 10.2 Å². The van der Waals surface area contributed by atoms with Crippen molar-refractivity contribution in [1.82, 2.24) is 0 Å². The summed E-state index contributed by atoms with van der Waals surface area (Å²) in [4.78, 5) is 0. The van der Waals surface area contributed by atoms with Crippen LogP contribution in [0.15, 0.2) is 34.5 Å². The third-order valence-electron chi connectivity index (χ3n) is 1.62. The van der Waals surface area contributed by atoms with Gasteiger partial charge in [0.25, 0.3) is 0 Å². The summed E-state index contributed by atoms with van der Waals surface area (Å²) in [6, 6.07) is 7.90. The van der Waals surface area contributed by atoms with Crippen molar-refractivity contribution in [3.05, 3.63) is 24.3 Å². The molecule has 1 aromatic carbocycles. The van der Waals surface area contributed by atoms with Gasteiger partial charge in [-0.25, -0.2) is 0 Å². The highest BCUT2D eigenvalue weighted by Crippen LogP contribution is 2.26. The first kappa shape index (κ1) is 10.7. The van der Waals surface area contributed by atoms with E-state index in [1.807, 2.05) is 24.3 Å². The van der Waals surface area contributed by atoms with E-state index in [-0.39, 0.29) is 5.54 Å². The molecule has 1 aromatic rings. The van der Waals surface area contributed by atoms with Gasteiger partial charge < -0.3 is 5.32 Å². The lowest BCUT2D eigenvalue weighted by Gasteiger charge is -2.22. The molecule has 0 bridgehead atoms. The number of benzene rings is 1. The average Bonchev–Trinajstić information content (AvgIpc) is 2.06. The number of hydrogen-bond acceptors (Lipinski definition) is 3. The molecular weight excluding hydrogens is 174 g/mol. The third-order valence-corrected chi connectivity index (χ3v) is 1.62. The van der Waals surface area contributed by atoms with Crippen molar-refractivity contribution in [1.29, 1.82) is 0 Å². The number of azo groups is 1. The minimum Gasteiger partial charge on any atom is -0.379 e. The normalized spacial score (nSPS) is 12.0. The fraction of sp³-hybridized carbons (Fsp3) is 0.455. The topological polar surface area (TPSA) is 36.8 Å². The molecule has 0 aliphatic heterocycles. The molecule has 0 aromatic heterocycles. The van der Waals surface area contributed by atoms with Gasteiger partial charge in [0.2, 0.25) is 0 Å². The van der Waals surface area contributed by atoms with E-state index in [0.29, 0.717) is 0 Å². The van der Waals surface area contributed by atoms with E-state index in [9.17, 15) is 0 Å². The minimum atomic E-state index is 0.0410. The van der Waals surface area contributed by atoms with Gasteiger partial charge in [-0.15, -0.1) is 0 Å². The molecule has 0 aliphatic rings. The van der Waals surface area contributed by atoms with Gasteiger partial charge in [0.1, 0.15) is 5.69 Å². The summed E-state index contributed by atoms with van der Waals surface area (Å²) in [6.45, 7) is 6.35. The van der Waals surface area contributed by atoms with E-state index in [2.05, 4.69) is 36.3 Å². The van der Waals surface area contributed by atoms with Crippen molar-refractivity contribution in [2.24, 2.45) is 10.2 Å². The number of nitrogens with zero attached hydrogens (tertiary/aromatic N) is 2. The number of anilines is 1. The zero-order valence-electron chi connectivity index (χ0n) is 9.20. The van der Waals surface area contributed by atoms with Gasteiger partial charge in [0.15, 0.2) is 0 Å². The Kier molecular flexibility index (Phi) is 3.23.